The van der Waals surface area contributed by atoms with E-state index in [2.05, 4.69) is 65.4 Å². The second-order valence-electron chi connectivity index (χ2n) is 11.6. The summed E-state index contributed by atoms with van der Waals surface area (Å²) < 4.78 is 0. The number of carbonyl (C=O) groups excluding carboxylic acids is 4. The Bertz CT molecular complexity index is 1490. The molecule has 3 aromatic rings. The first kappa shape index (κ1) is 30.0. The summed E-state index contributed by atoms with van der Waals surface area (Å²) in [5.74, 6) is -0.684. The fourth-order valence-electron chi connectivity index (χ4n) is 5.77. The SMILES string of the molecule is CC(C)NCCC(Cc1ccccc1)c1cccc(NC(=O)NCc2ccc3c(c2)C(=O)N(C2CCC(=O)NC2=O)C3)c1. The highest BCUT2D eigenvalue weighted by molar-refractivity contribution is 6.05. The summed E-state index contributed by atoms with van der Waals surface area (Å²) in [5, 5.41) is 11.7. The van der Waals surface area contributed by atoms with Crippen molar-refractivity contribution in [1.29, 1.82) is 0 Å². The van der Waals surface area contributed by atoms with Crippen LogP contribution in [0.15, 0.2) is 72.8 Å². The largest absolute Gasteiger partial charge is 0.334 e. The predicted octanol–water partition coefficient (Wildman–Crippen LogP) is 4.48. The Hall–Kier alpha value is -4.50. The number of nitrogens with zero attached hydrogens (tertiary/aromatic N) is 1. The second-order valence-corrected chi connectivity index (χ2v) is 11.6. The van der Waals surface area contributed by atoms with E-state index in [4.69, 9.17) is 0 Å². The quantitative estimate of drug-likeness (QED) is 0.249. The van der Waals surface area contributed by atoms with Crippen LogP contribution >= 0.6 is 0 Å². The zero-order valence-corrected chi connectivity index (χ0v) is 24.7. The van der Waals surface area contributed by atoms with E-state index in [9.17, 15) is 19.2 Å². The van der Waals surface area contributed by atoms with Crippen molar-refractivity contribution in [1.82, 2.24) is 20.9 Å². The number of anilines is 1. The number of benzene rings is 3. The molecule has 9 nitrogen and oxygen atoms in total. The Morgan fingerprint density at radius 3 is 2.56 bits per heavy atom. The van der Waals surface area contributed by atoms with Crippen LogP contribution in [0.3, 0.4) is 0 Å². The molecule has 2 aliphatic rings. The van der Waals surface area contributed by atoms with Crippen molar-refractivity contribution < 1.29 is 19.2 Å². The van der Waals surface area contributed by atoms with Crippen LogP contribution in [0.25, 0.3) is 0 Å². The summed E-state index contributed by atoms with van der Waals surface area (Å²) in [5.41, 5.74) is 5.30. The van der Waals surface area contributed by atoms with E-state index in [-0.39, 0.29) is 30.8 Å². The maximum atomic E-state index is 13.1. The predicted molar refractivity (Wildman–Crippen MR) is 165 cm³/mol. The minimum absolute atomic E-state index is 0.215. The summed E-state index contributed by atoms with van der Waals surface area (Å²) in [6, 6.07) is 23.4. The molecule has 0 saturated carbocycles. The minimum atomic E-state index is -0.653. The third-order valence-electron chi connectivity index (χ3n) is 8.03. The van der Waals surface area contributed by atoms with E-state index in [1.807, 2.05) is 36.4 Å². The number of rotatable bonds is 11. The molecule has 1 fully saturated rings. The fourth-order valence-corrected chi connectivity index (χ4v) is 5.77. The summed E-state index contributed by atoms with van der Waals surface area (Å²) in [6.07, 6.45) is 2.42. The first-order chi connectivity index (χ1) is 20.8. The van der Waals surface area contributed by atoms with Gasteiger partial charge in [0.15, 0.2) is 0 Å². The van der Waals surface area contributed by atoms with Crippen LogP contribution in [0, 0.1) is 0 Å². The Labute approximate surface area is 252 Å². The highest BCUT2D eigenvalue weighted by Gasteiger charge is 2.39. The van der Waals surface area contributed by atoms with Crippen molar-refractivity contribution in [2.75, 3.05) is 11.9 Å². The zero-order valence-electron chi connectivity index (χ0n) is 24.7. The maximum absolute atomic E-state index is 13.1. The monoisotopic (exact) mass is 581 g/mol. The molecule has 0 aliphatic carbocycles. The second kappa shape index (κ2) is 13.6. The van der Waals surface area contributed by atoms with Gasteiger partial charge in [-0.15, -0.1) is 0 Å². The molecule has 2 aliphatic heterocycles. The number of urea groups is 1. The lowest BCUT2D eigenvalue weighted by Crippen LogP contribution is -2.52. The van der Waals surface area contributed by atoms with Gasteiger partial charge >= 0.3 is 6.03 Å². The molecule has 2 atom stereocenters. The van der Waals surface area contributed by atoms with Crippen LogP contribution in [0.1, 0.15) is 71.6 Å². The van der Waals surface area contributed by atoms with Gasteiger partial charge < -0.3 is 20.9 Å². The molecule has 2 heterocycles. The standard InChI is InChI=1S/C34H39N5O4/c1-22(2)35-16-15-26(17-23-7-4-3-5-8-23)25-9-6-10-28(19-25)37-34(43)36-20-24-11-12-27-21-39(33(42)29(27)18-24)30-13-14-31(40)38-32(30)41/h3-12,18-19,22,26,30,35H,13-17,20-21H2,1-2H3,(H2,36,37,43)(H,38,40,41). The minimum Gasteiger partial charge on any atom is -0.334 e. The molecular weight excluding hydrogens is 542 g/mol. The fraction of sp³-hybridized carbons (Fsp3) is 0.353. The van der Waals surface area contributed by atoms with E-state index in [1.54, 1.807) is 6.07 Å². The lowest BCUT2D eigenvalue weighted by atomic mass is 9.89. The van der Waals surface area contributed by atoms with Crippen LogP contribution in [-0.4, -0.2) is 47.3 Å². The smallest absolute Gasteiger partial charge is 0.319 e. The van der Waals surface area contributed by atoms with E-state index in [0.717, 1.165) is 30.5 Å². The van der Waals surface area contributed by atoms with Gasteiger partial charge in [-0.25, -0.2) is 4.79 Å². The normalized spacial score (nSPS) is 17.0. The zero-order chi connectivity index (χ0) is 30.3. The number of piperidine rings is 1. The summed E-state index contributed by atoms with van der Waals surface area (Å²) in [4.78, 5) is 51.3. The molecule has 4 N–H and O–H groups in total. The Kier molecular flexibility index (Phi) is 9.51. The molecule has 0 radical (unpaired) electrons. The molecule has 5 rings (SSSR count). The lowest BCUT2D eigenvalue weighted by molar-refractivity contribution is -0.136. The third-order valence-corrected chi connectivity index (χ3v) is 8.03. The van der Waals surface area contributed by atoms with Gasteiger partial charge in [0.1, 0.15) is 6.04 Å². The number of imide groups is 1. The van der Waals surface area contributed by atoms with E-state index < -0.39 is 11.9 Å². The summed E-state index contributed by atoms with van der Waals surface area (Å²) >= 11 is 0. The third kappa shape index (κ3) is 7.67. The average Bonchev–Trinajstić information content (AvgIpc) is 3.31. The van der Waals surface area contributed by atoms with Crippen molar-refractivity contribution in [3.05, 3.63) is 101 Å². The van der Waals surface area contributed by atoms with Gasteiger partial charge in [-0.2, -0.15) is 0 Å². The molecule has 2 unspecified atom stereocenters. The van der Waals surface area contributed by atoms with Crippen molar-refractivity contribution in [3.63, 3.8) is 0 Å². The highest BCUT2D eigenvalue weighted by atomic mass is 16.2. The average molecular weight is 582 g/mol. The van der Waals surface area contributed by atoms with Crippen LogP contribution in [-0.2, 0) is 29.1 Å². The molecule has 0 bridgehead atoms. The molecule has 43 heavy (non-hydrogen) atoms. The molecule has 1 saturated heterocycles. The number of carbonyl (C=O) groups is 4. The molecule has 0 aromatic heterocycles. The first-order valence-electron chi connectivity index (χ1n) is 15.0. The number of amides is 5. The van der Waals surface area contributed by atoms with Gasteiger partial charge in [-0.1, -0.05) is 68.4 Å². The number of nitrogens with one attached hydrogen (secondary N) is 4. The van der Waals surface area contributed by atoms with E-state index in [0.29, 0.717) is 36.2 Å². The first-order valence-corrected chi connectivity index (χ1v) is 15.0. The van der Waals surface area contributed by atoms with Crippen LogP contribution in [0.5, 0.6) is 0 Å². The Morgan fingerprint density at radius 2 is 1.79 bits per heavy atom. The molecule has 5 amide bonds. The number of fused-ring (bicyclic) bond motifs is 1. The van der Waals surface area contributed by atoms with Gasteiger partial charge in [0.05, 0.1) is 0 Å². The van der Waals surface area contributed by atoms with Gasteiger partial charge in [-0.3, -0.25) is 19.7 Å². The van der Waals surface area contributed by atoms with Gasteiger partial charge in [-0.05, 0) is 72.2 Å². The lowest BCUT2D eigenvalue weighted by Gasteiger charge is -2.29. The van der Waals surface area contributed by atoms with E-state index in [1.165, 1.54) is 16.0 Å². The van der Waals surface area contributed by atoms with E-state index >= 15 is 0 Å². The highest BCUT2D eigenvalue weighted by Crippen LogP contribution is 2.29. The van der Waals surface area contributed by atoms with Gasteiger partial charge in [0.25, 0.3) is 5.91 Å². The van der Waals surface area contributed by atoms with Gasteiger partial charge in [0.2, 0.25) is 11.8 Å². The molecular formula is C34H39N5O4. The topological polar surface area (TPSA) is 120 Å². The number of hydrogen-bond acceptors (Lipinski definition) is 5. The Morgan fingerprint density at radius 1 is 0.977 bits per heavy atom. The van der Waals surface area contributed by atoms with Gasteiger partial charge in [0, 0.05) is 36.8 Å². The summed E-state index contributed by atoms with van der Waals surface area (Å²) in [6.45, 7) is 5.76. The molecule has 3 aromatic carbocycles. The van der Waals surface area contributed by atoms with Crippen molar-refractivity contribution in [2.45, 2.75) is 70.6 Å². The molecule has 9 heteroatoms. The van der Waals surface area contributed by atoms with Crippen LogP contribution in [0.2, 0.25) is 0 Å². The van der Waals surface area contributed by atoms with Crippen molar-refractivity contribution >= 4 is 29.4 Å². The number of hydrogen-bond donors (Lipinski definition) is 4. The van der Waals surface area contributed by atoms with Crippen molar-refractivity contribution in [3.8, 4) is 0 Å². The van der Waals surface area contributed by atoms with Crippen molar-refractivity contribution in [2.24, 2.45) is 0 Å². The maximum Gasteiger partial charge on any atom is 0.319 e. The van der Waals surface area contributed by atoms with Crippen LogP contribution in [0.4, 0.5) is 10.5 Å². The molecule has 0 spiro atoms. The van der Waals surface area contributed by atoms with Crippen LogP contribution < -0.4 is 21.3 Å². The summed E-state index contributed by atoms with van der Waals surface area (Å²) in [7, 11) is 0. The Balaban J connectivity index is 1.19. The molecule has 224 valence electrons.